The normalized spacial score (nSPS) is 41.9. The molecular formula is C37H58O9. The summed E-state index contributed by atoms with van der Waals surface area (Å²) in [6, 6.07) is 0. The van der Waals surface area contributed by atoms with Crippen LogP contribution in [0.15, 0.2) is 0 Å². The van der Waals surface area contributed by atoms with Crippen LogP contribution in [0.5, 0.6) is 0 Å². The number of aldehydes is 2. The van der Waals surface area contributed by atoms with E-state index in [2.05, 4.69) is 34.6 Å². The van der Waals surface area contributed by atoms with E-state index in [1.54, 1.807) is 21.0 Å². The highest BCUT2D eigenvalue weighted by molar-refractivity contribution is 5.89. The van der Waals surface area contributed by atoms with E-state index >= 15 is 0 Å². The lowest BCUT2D eigenvalue weighted by atomic mass is 9.41. The highest BCUT2D eigenvalue weighted by atomic mass is 16.7. The summed E-state index contributed by atoms with van der Waals surface area (Å²) in [4.78, 5) is 48.8. The number of methoxy groups -OCH3 is 1. The summed E-state index contributed by atoms with van der Waals surface area (Å²) in [7, 11) is 1.60. The zero-order valence-electron chi connectivity index (χ0n) is 29.6. The van der Waals surface area contributed by atoms with Crippen molar-refractivity contribution in [2.24, 2.45) is 50.7 Å². The van der Waals surface area contributed by atoms with Crippen molar-refractivity contribution in [3.63, 3.8) is 0 Å². The predicted octanol–water partition coefficient (Wildman–Crippen LogP) is 5.47. The van der Waals surface area contributed by atoms with Crippen LogP contribution >= 0.6 is 0 Å². The number of aliphatic hydroxyl groups is 1. The standard InChI is InChI=1S/C37H58O9/c1-22(18-25(43-9)31(33(5,6)42)45-23(2)40)24-19-28(41)35(8)27-11-10-26-32(3,4)29(46-30(20-39)44-17-16-38)12-13-36(26)21-37(27,36)15-14-34(24,35)7/h16,20,22,24-27,29-31,42H,10-15,17-19,21H2,1-9H3/t22-,24-,25?,26+,27?,29+,30+,31+,34-,35-,36-,37?/m1/s1. The molecule has 5 aliphatic rings. The van der Waals surface area contributed by atoms with E-state index in [4.69, 9.17) is 18.9 Å². The molecule has 9 nitrogen and oxygen atoms in total. The molecule has 12 atom stereocenters. The van der Waals surface area contributed by atoms with Crippen molar-refractivity contribution < 1.29 is 43.2 Å². The van der Waals surface area contributed by atoms with Gasteiger partial charge in [-0.15, -0.1) is 0 Å². The molecule has 5 rings (SSSR count). The second kappa shape index (κ2) is 12.0. The smallest absolute Gasteiger partial charge is 0.303 e. The Morgan fingerprint density at radius 2 is 1.70 bits per heavy atom. The van der Waals surface area contributed by atoms with Gasteiger partial charge in [0.1, 0.15) is 18.7 Å². The van der Waals surface area contributed by atoms with E-state index in [0.29, 0.717) is 43.0 Å². The third kappa shape index (κ3) is 5.16. The lowest BCUT2D eigenvalue weighted by molar-refractivity contribution is -0.220. The maximum absolute atomic E-state index is 14.4. The molecule has 0 aliphatic heterocycles. The molecule has 2 spiro atoms. The van der Waals surface area contributed by atoms with Gasteiger partial charge in [-0.3, -0.25) is 14.4 Å². The van der Waals surface area contributed by atoms with Gasteiger partial charge in [0.15, 0.2) is 12.4 Å². The van der Waals surface area contributed by atoms with Crippen LogP contribution in [-0.4, -0.2) is 73.4 Å². The van der Waals surface area contributed by atoms with Gasteiger partial charge in [-0.2, -0.15) is 0 Å². The van der Waals surface area contributed by atoms with Gasteiger partial charge < -0.3 is 28.8 Å². The van der Waals surface area contributed by atoms with Gasteiger partial charge >= 0.3 is 5.97 Å². The minimum absolute atomic E-state index is 0.124. The summed E-state index contributed by atoms with van der Waals surface area (Å²) >= 11 is 0. The van der Waals surface area contributed by atoms with Crippen molar-refractivity contribution in [3.05, 3.63) is 0 Å². The molecule has 5 saturated carbocycles. The Hall–Kier alpha value is -1.68. The second-order valence-electron chi connectivity index (χ2n) is 17.2. The Morgan fingerprint density at radius 1 is 1.04 bits per heavy atom. The second-order valence-corrected chi connectivity index (χ2v) is 17.2. The fourth-order valence-corrected chi connectivity index (χ4v) is 12.3. The SMILES string of the molecule is COC(C[C@@H](C)[C@H]1CC(=O)[C@@]2(C)C3CC[C@H]4C(C)(C)[C@@H](O[C@@H](C=O)OCC=O)CC[C@@]45CC35CC[C@]12C)[C@H](OC(C)=O)C(C)(C)O. The number of esters is 1. The molecule has 0 amide bonds. The summed E-state index contributed by atoms with van der Waals surface area (Å²) in [6.45, 7) is 15.8. The van der Waals surface area contributed by atoms with Crippen molar-refractivity contribution in [1.29, 1.82) is 0 Å². The van der Waals surface area contributed by atoms with E-state index in [-0.39, 0.29) is 46.2 Å². The molecule has 260 valence electrons. The summed E-state index contributed by atoms with van der Waals surface area (Å²) in [5, 5.41) is 10.9. The van der Waals surface area contributed by atoms with Gasteiger partial charge in [0.05, 0.1) is 17.8 Å². The van der Waals surface area contributed by atoms with Crippen LogP contribution in [0, 0.1) is 50.7 Å². The molecule has 5 fully saturated rings. The first kappa shape index (κ1) is 35.6. The highest BCUT2D eigenvalue weighted by Crippen LogP contribution is 2.88. The van der Waals surface area contributed by atoms with Crippen LogP contribution in [0.3, 0.4) is 0 Å². The number of fused-ring (bicyclic) bond motifs is 2. The lowest BCUT2D eigenvalue weighted by Gasteiger charge is -2.62. The number of hydrogen-bond donors (Lipinski definition) is 1. The first-order chi connectivity index (χ1) is 21.4. The fraction of sp³-hybridized carbons (Fsp3) is 0.892. The first-order valence-corrected chi connectivity index (χ1v) is 17.5. The molecule has 9 heteroatoms. The number of rotatable bonds is 13. The van der Waals surface area contributed by atoms with Crippen LogP contribution in [0.25, 0.3) is 0 Å². The minimum atomic E-state index is -1.28. The van der Waals surface area contributed by atoms with Crippen LogP contribution in [0.2, 0.25) is 0 Å². The number of ether oxygens (including phenoxy) is 4. The zero-order valence-corrected chi connectivity index (χ0v) is 29.6. The Kier molecular flexibility index (Phi) is 9.31. The average molecular weight is 647 g/mol. The van der Waals surface area contributed by atoms with E-state index in [1.165, 1.54) is 6.92 Å². The molecule has 0 heterocycles. The van der Waals surface area contributed by atoms with Gasteiger partial charge in [-0.1, -0.05) is 34.6 Å². The van der Waals surface area contributed by atoms with Crippen LogP contribution in [0.1, 0.15) is 113 Å². The van der Waals surface area contributed by atoms with Crippen molar-refractivity contribution in [2.75, 3.05) is 13.7 Å². The molecule has 0 aromatic rings. The van der Waals surface area contributed by atoms with Crippen LogP contribution < -0.4 is 0 Å². The topological polar surface area (TPSA) is 125 Å². The Bertz CT molecular complexity index is 1210. The van der Waals surface area contributed by atoms with Crippen molar-refractivity contribution >= 4 is 24.3 Å². The zero-order chi connectivity index (χ0) is 34.1. The molecule has 46 heavy (non-hydrogen) atoms. The summed E-state index contributed by atoms with van der Waals surface area (Å²) in [5.41, 5.74) is -1.71. The van der Waals surface area contributed by atoms with E-state index < -0.39 is 35.5 Å². The van der Waals surface area contributed by atoms with E-state index in [1.807, 2.05) is 0 Å². The molecule has 1 N–H and O–H groups in total. The van der Waals surface area contributed by atoms with Gasteiger partial charge in [0, 0.05) is 25.9 Å². The van der Waals surface area contributed by atoms with Crippen molar-refractivity contribution in [3.8, 4) is 0 Å². The van der Waals surface area contributed by atoms with E-state index in [0.717, 1.165) is 44.9 Å². The highest BCUT2D eigenvalue weighted by Gasteiger charge is 2.83. The van der Waals surface area contributed by atoms with Gasteiger partial charge in [-0.05, 0) is 111 Å². The van der Waals surface area contributed by atoms with Crippen LogP contribution in [-0.2, 0) is 38.1 Å². The monoisotopic (exact) mass is 646 g/mol. The average Bonchev–Trinajstić information content (AvgIpc) is 3.60. The number of carbonyl (C=O) groups is 4. The number of Topliss-reactive ketones (excluding diaryl/α,β-unsaturated/α-hetero) is 1. The summed E-state index contributed by atoms with van der Waals surface area (Å²) in [6.07, 6.45) is 7.07. The number of hydrogen-bond acceptors (Lipinski definition) is 9. The van der Waals surface area contributed by atoms with Crippen molar-refractivity contribution in [1.82, 2.24) is 0 Å². The molecule has 3 unspecified atom stereocenters. The van der Waals surface area contributed by atoms with E-state index in [9.17, 15) is 24.3 Å². The molecule has 0 saturated heterocycles. The van der Waals surface area contributed by atoms with Gasteiger partial charge in [-0.25, -0.2) is 0 Å². The van der Waals surface area contributed by atoms with Gasteiger partial charge in [0.2, 0.25) is 6.29 Å². The third-order valence-corrected chi connectivity index (χ3v) is 14.6. The predicted molar refractivity (Wildman–Crippen MR) is 170 cm³/mol. The molecule has 0 radical (unpaired) electrons. The van der Waals surface area contributed by atoms with Gasteiger partial charge in [0.25, 0.3) is 0 Å². The lowest BCUT2D eigenvalue weighted by Crippen LogP contribution is -2.59. The Morgan fingerprint density at radius 3 is 2.28 bits per heavy atom. The van der Waals surface area contributed by atoms with Crippen molar-refractivity contribution in [2.45, 2.75) is 143 Å². The summed E-state index contributed by atoms with van der Waals surface area (Å²) < 4.78 is 23.0. The maximum atomic E-state index is 14.4. The molecule has 0 aromatic carbocycles. The Labute approximate surface area is 275 Å². The third-order valence-electron chi connectivity index (χ3n) is 14.6. The Balaban J connectivity index is 1.37. The molecule has 5 aliphatic carbocycles. The van der Waals surface area contributed by atoms with Crippen LogP contribution in [0.4, 0.5) is 0 Å². The molecular weight excluding hydrogens is 588 g/mol. The molecule has 0 aromatic heterocycles. The summed E-state index contributed by atoms with van der Waals surface area (Å²) in [5.74, 6) is 0.979. The number of carbonyl (C=O) groups excluding carboxylic acids is 4. The molecule has 0 bridgehead atoms. The maximum Gasteiger partial charge on any atom is 0.303 e. The number of ketones is 1. The quantitative estimate of drug-likeness (QED) is 0.157. The first-order valence-electron chi connectivity index (χ1n) is 17.5. The minimum Gasteiger partial charge on any atom is -0.457 e. The fourth-order valence-electron chi connectivity index (χ4n) is 12.3. The largest absolute Gasteiger partial charge is 0.457 e.